The van der Waals surface area contributed by atoms with Crippen molar-refractivity contribution in [2.45, 2.75) is 50.1 Å². The molecule has 0 bridgehead atoms. The van der Waals surface area contributed by atoms with Crippen LogP contribution in [0.1, 0.15) is 38.5 Å². The van der Waals surface area contributed by atoms with Crippen molar-refractivity contribution in [2.75, 3.05) is 18.8 Å². The molecular formula is C12H21N2OS+. The summed E-state index contributed by atoms with van der Waals surface area (Å²) in [5, 5.41) is 2.92. The van der Waals surface area contributed by atoms with Crippen LogP contribution < -0.4 is 5.32 Å². The van der Waals surface area contributed by atoms with Crippen LogP contribution >= 0.6 is 11.8 Å². The predicted octanol–water partition coefficient (Wildman–Crippen LogP) is 1.19. The van der Waals surface area contributed by atoms with Crippen LogP contribution in [0.15, 0.2) is 0 Å². The molecule has 3 nitrogen and oxygen atoms in total. The molecule has 1 spiro atoms. The Labute approximate surface area is 101 Å². The molecule has 3 fully saturated rings. The van der Waals surface area contributed by atoms with Gasteiger partial charge in [0.1, 0.15) is 5.54 Å². The van der Waals surface area contributed by atoms with Gasteiger partial charge in [-0.2, -0.15) is 0 Å². The number of nitrogens with zero attached hydrogens (tertiary/aromatic N) is 1. The number of hydrogen-bond acceptors (Lipinski definition) is 2. The zero-order valence-electron chi connectivity index (χ0n) is 9.78. The first-order valence-corrected chi connectivity index (χ1v) is 7.58. The predicted molar refractivity (Wildman–Crippen MR) is 65.6 cm³/mol. The molecule has 1 amide bonds. The molecule has 0 aromatic heterocycles. The topological polar surface area (TPSA) is 36.9 Å². The Hall–Kier alpha value is -0.220. The number of nitrogens with two attached hydrogens (primary N) is 1. The van der Waals surface area contributed by atoms with Crippen LogP contribution in [0.2, 0.25) is 0 Å². The fraction of sp³-hybridized carbons (Fsp3) is 0.917. The van der Waals surface area contributed by atoms with Gasteiger partial charge < -0.3 is 10.2 Å². The van der Waals surface area contributed by atoms with E-state index in [4.69, 9.17) is 0 Å². The van der Waals surface area contributed by atoms with E-state index >= 15 is 0 Å². The Morgan fingerprint density at radius 2 is 2.06 bits per heavy atom. The van der Waals surface area contributed by atoms with Gasteiger partial charge in [-0.25, -0.2) is 0 Å². The Bertz CT molecular complexity index is 289. The Morgan fingerprint density at radius 1 is 1.25 bits per heavy atom. The van der Waals surface area contributed by atoms with Gasteiger partial charge in [0.15, 0.2) is 0 Å². The molecule has 16 heavy (non-hydrogen) atoms. The van der Waals surface area contributed by atoms with Crippen LogP contribution in [-0.4, -0.2) is 40.6 Å². The van der Waals surface area contributed by atoms with Crippen molar-refractivity contribution in [2.24, 2.45) is 0 Å². The maximum Gasteiger partial charge on any atom is 0.282 e. The molecule has 0 aromatic carbocycles. The third-order valence-electron chi connectivity index (χ3n) is 4.58. The molecule has 3 rings (SSSR count). The minimum atomic E-state index is 0.338. The highest BCUT2D eigenvalue weighted by Crippen LogP contribution is 2.37. The standard InChI is InChI=1S/C12H20N2OS/c15-11-14-8-4-7-13-12(10(14)9-16-11)5-2-1-3-6-12/h10,13H,1-9H2/p+1/t10-/m1/s1. The van der Waals surface area contributed by atoms with Gasteiger partial charge in [0.05, 0.1) is 12.6 Å². The Kier molecular flexibility index (Phi) is 2.88. The SMILES string of the molecule is O=C1SC[C@H]2N1CCC[NH2+]C21CCCCC1. The van der Waals surface area contributed by atoms with Crippen LogP contribution in [0.4, 0.5) is 4.79 Å². The molecule has 0 aromatic rings. The summed E-state index contributed by atoms with van der Waals surface area (Å²) in [5.41, 5.74) is 0.383. The van der Waals surface area contributed by atoms with E-state index in [1.807, 2.05) is 0 Å². The quantitative estimate of drug-likeness (QED) is 0.692. The molecule has 2 saturated heterocycles. The lowest BCUT2D eigenvalue weighted by molar-refractivity contribution is -0.731. The van der Waals surface area contributed by atoms with Gasteiger partial charge in [-0.15, -0.1) is 0 Å². The molecule has 1 aliphatic carbocycles. The Balaban J connectivity index is 1.87. The molecule has 2 aliphatic heterocycles. The van der Waals surface area contributed by atoms with Gasteiger partial charge in [0, 0.05) is 31.6 Å². The Morgan fingerprint density at radius 3 is 2.88 bits per heavy atom. The van der Waals surface area contributed by atoms with E-state index in [9.17, 15) is 4.79 Å². The van der Waals surface area contributed by atoms with Gasteiger partial charge in [0.2, 0.25) is 0 Å². The van der Waals surface area contributed by atoms with Crippen molar-refractivity contribution < 1.29 is 10.1 Å². The van der Waals surface area contributed by atoms with Gasteiger partial charge in [-0.1, -0.05) is 18.2 Å². The second kappa shape index (κ2) is 4.22. The van der Waals surface area contributed by atoms with E-state index < -0.39 is 0 Å². The average molecular weight is 241 g/mol. The second-order valence-electron chi connectivity index (χ2n) is 5.43. The average Bonchev–Trinajstić information content (AvgIpc) is 2.59. The van der Waals surface area contributed by atoms with E-state index in [0.29, 0.717) is 16.8 Å². The summed E-state index contributed by atoms with van der Waals surface area (Å²) in [5.74, 6) is 1.04. The lowest BCUT2D eigenvalue weighted by Gasteiger charge is -2.40. The molecule has 1 atom stereocenters. The number of rotatable bonds is 0. The molecular weight excluding hydrogens is 220 g/mol. The van der Waals surface area contributed by atoms with Crippen molar-refractivity contribution in [1.29, 1.82) is 0 Å². The molecule has 1 saturated carbocycles. The highest BCUT2D eigenvalue weighted by Gasteiger charge is 2.51. The third-order valence-corrected chi connectivity index (χ3v) is 5.54. The summed E-state index contributed by atoms with van der Waals surface area (Å²) >= 11 is 1.55. The number of thioether (sulfide) groups is 1. The van der Waals surface area contributed by atoms with E-state index in [1.54, 1.807) is 11.8 Å². The minimum Gasteiger partial charge on any atom is -0.340 e. The summed E-state index contributed by atoms with van der Waals surface area (Å²) in [6, 6.07) is 0.521. The van der Waals surface area contributed by atoms with Crippen LogP contribution in [0.25, 0.3) is 0 Å². The number of hydrogen-bond donors (Lipinski definition) is 1. The fourth-order valence-corrected chi connectivity index (χ4v) is 4.91. The summed E-state index contributed by atoms with van der Waals surface area (Å²) in [4.78, 5) is 14.0. The largest absolute Gasteiger partial charge is 0.340 e. The van der Waals surface area contributed by atoms with Gasteiger partial charge >= 0.3 is 0 Å². The first-order valence-electron chi connectivity index (χ1n) is 6.60. The number of carbonyl (C=O) groups excluding carboxylic acids is 1. The summed E-state index contributed by atoms with van der Waals surface area (Å²) in [7, 11) is 0. The summed E-state index contributed by atoms with van der Waals surface area (Å²) in [6.07, 6.45) is 7.93. The van der Waals surface area contributed by atoms with Gasteiger partial charge in [-0.3, -0.25) is 4.79 Å². The smallest absolute Gasteiger partial charge is 0.282 e. The zero-order valence-corrected chi connectivity index (χ0v) is 10.6. The number of fused-ring (bicyclic) bond motifs is 2. The maximum absolute atomic E-state index is 11.9. The van der Waals surface area contributed by atoms with Crippen LogP contribution in [0, 0.1) is 0 Å². The molecule has 3 aliphatic rings. The van der Waals surface area contributed by atoms with E-state index in [1.165, 1.54) is 45.1 Å². The number of carbonyl (C=O) groups is 1. The monoisotopic (exact) mass is 241 g/mol. The lowest BCUT2D eigenvalue weighted by atomic mass is 9.76. The number of amides is 1. The van der Waals surface area contributed by atoms with E-state index in [0.717, 1.165) is 12.3 Å². The van der Waals surface area contributed by atoms with Crippen molar-refractivity contribution in [1.82, 2.24) is 4.90 Å². The van der Waals surface area contributed by atoms with Crippen LogP contribution in [0.5, 0.6) is 0 Å². The van der Waals surface area contributed by atoms with E-state index in [2.05, 4.69) is 10.2 Å². The number of quaternary nitrogens is 1. The molecule has 0 radical (unpaired) electrons. The second-order valence-corrected chi connectivity index (χ2v) is 6.40. The van der Waals surface area contributed by atoms with Crippen molar-refractivity contribution >= 4 is 17.0 Å². The lowest BCUT2D eigenvalue weighted by Crippen LogP contribution is -3.00. The third kappa shape index (κ3) is 1.66. The van der Waals surface area contributed by atoms with Gasteiger partial charge in [-0.05, 0) is 12.8 Å². The summed E-state index contributed by atoms with van der Waals surface area (Å²) < 4.78 is 0. The molecule has 0 unspecified atom stereocenters. The van der Waals surface area contributed by atoms with Crippen molar-refractivity contribution in [3.8, 4) is 0 Å². The van der Waals surface area contributed by atoms with Crippen molar-refractivity contribution in [3.63, 3.8) is 0 Å². The van der Waals surface area contributed by atoms with Crippen LogP contribution in [-0.2, 0) is 0 Å². The molecule has 4 heteroatoms. The summed E-state index contributed by atoms with van der Waals surface area (Å²) in [6.45, 7) is 2.21. The first kappa shape index (κ1) is 10.9. The van der Waals surface area contributed by atoms with Crippen molar-refractivity contribution in [3.05, 3.63) is 0 Å². The molecule has 2 N–H and O–H groups in total. The minimum absolute atomic E-state index is 0.338. The normalized spacial score (nSPS) is 33.9. The zero-order chi connectivity index (χ0) is 11.0. The maximum atomic E-state index is 11.9. The fourth-order valence-electron chi connectivity index (χ4n) is 3.71. The highest BCUT2D eigenvalue weighted by molar-refractivity contribution is 8.13. The highest BCUT2D eigenvalue weighted by atomic mass is 32.2. The molecule has 2 heterocycles. The molecule has 90 valence electrons. The van der Waals surface area contributed by atoms with Crippen LogP contribution in [0.3, 0.4) is 0 Å². The van der Waals surface area contributed by atoms with Gasteiger partial charge in [0.25, 0.3) is 5.24 Å². The first-order chi connectivity index (χ1) is 7.82. The van der Waals surface area contributed by atoms with E-state index in [-0.39, 0.29) is 0 Å².